The Hall–Kier alpha value is -2.37. The second kappa shape index (κ2) is 8.97. The van der Waals surface area contributed by atoms with Crippen LogP contribution in [0.4, 0.5) is 5.69 Å². The molecule has 5 heteroatoms. The molecular weight excluding hydrogens is 362 g/mol. The molecule has 2 aliphatic rings. The number of morpholine rings is 1. The molecule has 0 N–H and O–H groups in total. The highest BCUT2D eigenvalue weighted by atomic mass is 16.5. The van der Waals surface area contributed by atoms with E-state index in [0.29, 0.717) is 13.2 Å². The molecule has 2 aromatic rings. The molecule has 0 unspecified atom stereocenters. The molecule has 2 aromatic carbocycles. The van der Waals surface area contributed by atoms with Crippen LogP contribution in [0.25, 0.3) is 0 Å². The third kappa shape index (κ3) is 4.46. The summed E-state index contributed by atoms with van der Waals surface area (Å²) in [5.41, 5.74) is 2.92. The van der Waals surface area contributed by atoms with Gasteiger partial charge in [0.05, 0.1) is 18.8 Å². The summed E-state index contributed by atoms with van der Waals surface area (Å²) in [6, 6.07) is 18.2. The highest BCUT2D eigenvalue weighted by molar-refractivity contribution is 5.95. The van der Waals surface area contributed by atoms with E-state index in [-0.39, 0.29) is 18.1 Å². The molecule has 0 bridgehead atoms. The van der Waals surface area contributed by atoms with Gasteiger partial charge in [-0.3, -0.25) is 4.79 Å². The number of rotatable bonds is 5. The zero-order valence-corrected chi connectivity index (χ0v) is 17.5. The summed E-state index contributed by atoms with van der Waals surface area (Å²) in [5.74, 6) is 0.0808. The van der Waals surface area contributed by atoms with Crippen molar-refractivity contribution >= 4 is 11.6 Å². The van der Waals surface area contributed by atoms with E-state index in [9.17, 15) is 4.79 Å². The maximum atomic E-state index is 13.6. The Bertz CT molecular complexity index is 818. The van der Waals surface area contributed by atoms with E-state index < -0.39 is 0 Å². The number of hydrogen-bond donors (Lipinski definition) is 0. The van der Waals surface area contributed by atoms with Crippen LogP contribution in [-0.4, -0.2) is 68.7 Å². The molecule has 5 nitrogen and oxygen atoms in total. The van der Waals surface area contributed by atoms with Gasteiger partial charge in [-0.05, 0) is 49.7 Å². The Morgan fingerprint density at radius 3 is 2.52 bits per heavy atom. The van der Waals surface area contributed by atoms with Crippen molar-refractivity contribution in [3.8, 4) is 0 Å². The molecule has 29 heavy (non-hydrogen) atoms. The van der Waals surface area contributed by atoms with Gasteiger partial charge < -0.3 is 19.4 Å². The van der Waals surface area contributed by atoms with Crippen LogP contribution in [0, 0.1) is 0 Å². The molecule has 0 saturated carbocycles. The molecule has 4 rings (SSSR count). The summed E-state index contributed by atoms with van der Waals surface area (Å²) in [6.45, 7) is 4.32. The summed E-state index contributed by atoms with van der Waals surface area (Å²) >= 11 is 0. The van der Waals surface area contributed by atoms with Crippen LogP contribution >= 0.6 is 0 Å². The molecule has 0 spiro atoms. The third-order valence-electron chi connectivity index (χ3n) is 6.00. The first-order valence-electron chi connectivity index (χ1n) is 10.6. The Kier molecular flexibility index (Phi) is 6.16. The van der Waals surface area contributed by atoms with Gasteiger partial charge in [-0.15, -0.1) is 0 Å². The normalized spacial score (nSPS) is 22.6. The molecule has 2 aliphatic heterocycles. The zero-order chi connectivity index (χ0) is 20.2. The molecule has 1 amide bonds. The first kappa shape index (κ1) is 19.9. The highest BCUT2D eigenvalue weighted by Gasteiger charge is 2.38. The van der Waals surface area contributed by atoms with Crippen LogP contribution in [0.2, 0.25) is 0 Å². The number of likely N-dealkylation sites (tertiary alicyclic amines) is 1. The summed E-state index contributed by atoms with van der Waals surface area (Å²) in [4.78, 5) is 20.1. The third-order valence-corrected chi connectivity index (χ3v) is 6.00. The van der Waals surface area contributed by atoms with Gasteiger partial charge >= 0.3 is 0 Å². The van der Waals surface area contributed by atoms with Gasteiger partial charge in [0.15, 0.2) is 0 Å². The van der Waals surface area contributed by atoms with Crippen LogP contribution in [0.15, 0.2) is 54.6 Å². The van der Waals surface area contributed by atoms with Crippen molar-refractivity contribution in [1.82, 2.24) is 9.80 Å². The van der Waals surface area contributed by atoms with E-state index in [1.807, 2.05) is 66.4 Å². The quantitative estimate of drug-likeness (QED) is 0.780. The standard InChI is InChI=1S/C24H31N3O2/c1-25(2)21-12-8-11-20(17-21)24(28)27-15-16-29-22(18-26-13-6-7-14-26)23(27)19-9-4-3-5-10-19/h3-5,8-12,17,22-23H,6-7,13-16,18H2,1-2H3/t22-,23-/m0/s1. The monoisotopic (exact) mass is 393 g/mol. The lowest BCUT2D eigenvalue weighted by atomic mass is 9.96. The molecular formula is C24H31N3O2. The number of anilines is 1. The molecule has 154 valence electrons. The van der Waals surface area contributed by atoms with Crippen LogP contribution < -0.4 is 4.90 Å². The summed E-state index contributed by atoms with van der Waals surface area (Å²) in [5, 5.41) is 0. The number of amides is 1. The van der Waals surface area contributed by atoms with Crippen molar-refractivity contribution in [3.05, 3.63) is 65.7 Å². The lowest BCUT2D eigenvalue weighted by Gasteiger charge is -2.43. The average Bonchev–Trinajstić information content (AvgIpc) is 3.27. The highest BCUT2D eigenvalue weighted by Crippen LogP contribution is 2.32. The lowest BCUT2D eigenvalue weighted by Crippen LogP contribution is -2.51. The van der Waals surface area contributed by atoms with Gasteiger partial charge in [-0.1, -0.05) is 36.4 Å². The number of ether oxygens (including phenoxy) is 1. The molecule has 2 saturated heterocycles. The lowest BCUT2D eigenvalue weighted by molar-refractivity contribution is -0.0707. The first-order valence-corrected chi connectivity index (χ1v) is 10.6. The van der Waals surface area contributed by atoms with E-state index in [1.54, 1.807) is 0 Å². The number of carbonyl (C=O) groups excluding carboxylic acids is 1. The minimum atomic E-state index is -0.0685. The molecule has 2 heterocycles. The fourth-order valence-electron chi connectivity index (χ4n) is 4.46. The van der Waals surface area contributed by atoms with Crippen molar-refractivity contribution < 1.29 is 9.53 Å². The van der Waals surface area contributed by atoms with Crippen molar-refractivity contribution in [2.45, 2.75) is 25.0 Å². The number of hydrogen-bond acceptors (Lipinski definition) is 4. The first-order chi connectivity index (χ1) is 14.1. The predicted molar refractivity (Wildman–Crippen MR) is 116 cm³/mol. The molecule has 0 aromatic heterocycles. The Morgan fingerprint density at radius 2 is 1.79 bits per heavy atom. The van der Waals surface area contributed by atoms with Crippen molar-refractivity contribution in [2.24, 2.45) is 0 Å². The number of carbonyl (C=O) groups is 1. The van der Waals surface area contributed by atoms with Crippen LogP contribution in [0.3, 0.4) is 0 Å². The second-order valence-electron chi connectivity index (χ2n) is 8.22. The molecule has 0 radical (unpaired) electrons. The van der Waals surface area contributed by atoms with E-state index in [4.69, 9.17) is 4.74 Å². The van der Waals surface area contributed by atoms with Gasteiger partial charge in [0.25, 0.3) is 5.91 Å². The minimum absolute atomic E-state index is 0.00904. The minimum Gasteiger partial charge on any atom is -0.378 e. The van der Waals surface area contributed by atoms with Gasteiger partial charge in [-0.25, -0.2) is 0 Å². The van der Waals surface area contributed by atoms with E-state index in [0.717, 1.165) is 36.4 Å². The van der Waals surface area contributed by atoms with Gasteiger partial charge in [0, 0.05) is 38.4 Å². The topological polar surface area (TPSA) is 36.0 Å². The van der Waals surface area contributed by atoms with E-state index >= 15 is 0 Å². The average molecular weight is 394 g/mol. The van der Waals surface area contributed by atoms with Crippen molar-refractivity contribution in [2.75, 3.05) is 51.8 Å². The van der Waals surface area contributed by atoms with Crippen LogP contribution in [0.5, 0.6) is 0 Å². The van der Waals surface area contributed by atoms with Crippen molar-refractivity contribution in [1.29, 1.82) is 0 Å². The van der Waals surface area contributed by atoms with Gasteiger partial charge in [-0.2, -0.15) is 0 Å². The zero-order valence-electron chi connectivity index (χ0n) is 17.5. The van der Waals surface area contributed by atoms with Crippen LogP contribution in [-0.2, 0) is 4.74 Å². The molecule has 0 aliphatic carbocycles. The fourth-order valence-corrected chi connectivity index (χ4v) is 4.46. The SMILES string of the molecule is CN(C)c1cccc(C(=O)N2CCO[C@@H](CN3CCCC3)[C@@H]2c2ccccc2)c1. The molecule has 2 atom stereocenters. The Balaban J connectivity index is 1.64. The maximum Gasteiger partial charge on any atom is 0.254 e. The fraction of sp³-hybridized carbons (Fsp3) is 0.458. The van der Waals surface area contributed by atoms with Crippen LogP contribution in [0.1, 0.15) is 34.8 Å². The number of benzene rings is 2. The summed E-state index contributed by atoms with van der Waals surface area (Å²) < 4.78 is 6.24. The number of nitrogens with zero attached hydrogens (tertiary/aromatic N) is 3. The summed E-state index contributed by atoms with van der Waals surface area (Å²) in [6.07, 6.45) is 2.50. The smallest absolute Gasteiger partial charge is 0.254 e. The van der Waals surface area contributed by atoms with E-state index in [2.05, 4.69) is 17.0 Å². The largest absolute Gasteiger partial charge is 0.378 e. The summed E-state index contributed by atoms with van der Waals surface area (Å²) in [7, 11) is 3.99. The van der Waals surface area contributed by atoms with Crippen molar-refractivity contribution in [3.63, 3.8) is 0 Å². The Morgan fingerprint density at radius 1 is 1.03 bits per heavy atom. The van der Waals surface area contributed by atoms with Gasteiger partial charge in [0.1, 0.15) is 0 Å². The Labute approximate surface area is 173 Å². The van der Waals surface area contributed by atoms with Gasteiger partial charge in [0.2, 0.25) is 0 Å². The molecule has 2 fully saturated rings. The van der Waals surface area contributed by atoms with E-state index in [1.165, 1.54) is 12.8 Å². The predicted octanol–water partition coefficient (Wildman–Crippen LogP) is 3.43. The second-order valence-corrected chi connectivity index (χ2v) is 8.22. The maximum absolute atomic E-state index is 13.6.